The van der Waals surface area contributed by atoms with E-state index in [2.05, 4.69) is 4.98 Å². The van der Waals surface area contributed by atoms with E-state index < -0.39 is 0 Å². The van der Waals surface area contributed by atoms with E-state index in [0.717, 1.165) is 5.65 Å². The van der Waals surface area contributed by atoms with E-state index in [4.69, 9.17) is 0 Å². The standard InChI is InChI=1S/C12H13N3O/c1-14(2)8-6-11(16)10-9-13-12-5-3-4-7-15(10)12/h3-9H,1-2H3. The van der Waals surface area contributed by atoms with E-state index >= 15 is 0 Å². The van der Waals surface area contributed by atoms with Gasteiger partial charge in [0.15, 0.2) is 0 Å². The molecular weight excluding hydrogens is 202 g/mol. The Kier molecular flexibility index (Phi) is 2.72. The summed E-state index contributed by atoms with van der Waals surface area (Å²) < 4.78 is 1.78. The maximum Gasteiger partial charge on any atom is 0.205 e. The molecule has 0 fully saturated rings. The van der Waals surface area contributed by atoms with Crippen molar-refractivity contribution in [2.24, 2.45) is 0 Å². The van der Waals surface area contributed by atoms with Gasteiger partial charge in [-0.15, -0.1) is 0 Å². The molecule has 0 N–H and O–H groups in total. The maximum absolute atomic E-state index is 11.8. The quantitative estimate of drug-likeness (QED) is 0.576. The van der Waals surface area contributed by atoms with Crippen LogP contribution in [0.25, 0.3) is 5.65 Å². The Morgan fingerprint density at radius 3 is 3.00 bits per heavy atom. The third-order valence-corrected chi connectivity index (χ3v) is 2.19. The van der Waals surface area contributed by atoms with Crippen molar-refractivity contribution in [1.29, 1.82) is 0 Å². The van der Waals surface area contributed by atoms with Gasteiger partial charge in [0.25, 0.3) is 0 Å². The molecular formula is C12H13N3O. The Morgan fingerprint density at radius 2 is 2.25 bits per heavy atom. The van der Waals surface area contributed by atoms with Gasteiger partial charge in [0.1, 0.15) is 11.3 Å². The lowest BCUT2D eigenvalue weighted by Gasteiger charge is -2.02. The van der Waals surface area contributed by atoms with Gasteiger partial charge in [-0.05, 0) is 12.1 Å². The van der Waals surface area contributed by atoms with Crippen LogP contribution < -0.4 is 0 Å². The largest absolute Gasteiger partial charge is 0.383 e. The number of ketones is 1. The normalized spacial score (nSPS) is 11.1. The molecule has 0 aromatic carbocycles. The van der Waals surface area contributed by atoms with Crippen molar-refractivity contribution < 1.29 is 4.79 Å². The summed E-state index contributed by atoms with van der Waals surface area (Å²) in [5.74, 6) is -0.0487. The number of pyridine rings is 1. The van der Waals surface area contributed by atoms with Crippen LogP contribution >= 0.6 is 0 Å². The number of carbonyl (C=O) groups is 1. The zero-order chi connectivity index (χ0) is 11.5. The van der Waals surface area contributed by atoms with Gasteiger partial charge in [0.05, 0.1) is 6.20 Å². The Hall–Kier alpha value is -2.10. The average molecular weight is 215 g/mol. The van der Waals surface area contributed by atoms with Crippen LogP contribution in [-0.4, -0.2) is 34.2 Å². The van der Waals surface area contributed by atoms with Crippen molar-refractivity contribution >= 4 is 11.4 Å². The van der Waals surface area contributed by atoms with Gasteiger partial charge < -0.3 is 4.90 Å². The SMILES string of the molecule is CN(C)C=CC(=O)c1cnc2ccccn12. The van der Waals surface area contributed by atoms with E-state index in [1.807, 2.05) is 43.4 Å². The third-order valence-electron chi connectivity index (χ3n) is 2.19. The molecule has 0 radical (unpaired) electrons. The fourth-order valence-electron chi connectivity index (χ4n) is 1.42. The van der Waals surface area contributed by atoms with E-state index in [9.17, 15) is 4.79 Å². The predicted octanol–water partition coefficient (Wildman–Crippen LogP) is 1.59. The molecule has 0 atom stereocenters. The number of allylic oxidation sites excluding steroid dienone is 1. The summed E-state index contributed by atoms with van der Waals surface area (Å²) in [5.41, 5.74) is 1.36. The lowest BCUT2D eigenvalue weighted by atomic mass is 10.3. The zero-order valence-electron chi connectivity index (χ0n) is 9.29. The summed E-state index contributed by atoms with van der Waals surface area (Å²) in [6, 6.07) is 5.64. The summed E-state index contributed by atoms with van der Waals surface area (Å²) in [5, 5.41) is 0. The minimum absolute atomic E-state index is 0.0487. The van der Waals surface area contributed by atoms with Crippen molar-refractivity contribution in [3.8, 4) is 0 Å². The van der Waals surface area contributed by atoms with E-state index in [0.29, 0.717) is 5.69 Å². The van der Waals surface area contributed by atoms with Gasteiger partial charge >= 0.3 is 0 Å². The van der Waals surface area contributed by atoms with E-state index in [-0.39, 0.29) is 5.78 Å². The third kappa shape index (κ3) is 1.95. The molecule has 2 aromatic rings. The number of aromatic nitrogens is 2. The number of hydrogen-bond acceptors (Lipinski definition) is 3. The topological polar surface area (TPSA) is 37.6 Å². The Labute approximate surface area is 93.8 Å². The van der Waals surface area contributed by atoms with Crippen molar-refractivity contribution in [3.05, 3.63) is 48.6 Å². The smallest absolute Gasteiger partial charge is 0.205 e. The fourth-order valence-corrected chi connectivity index (χ4v) is 1.42. The first-order chi connectivity index (χ1) is 7.68. The monoisotopic (exact) mass is 215 g/mol. The summed E-state index contributed by atoms with van der Waals surface area (Å²) >= 11 is 0. The fraction of sp³-hybridized carbons (Fsp3) is 0.167. The first-order valence-corrected chi connectivity index (χ1v) is 4.99. The predicted molar refractivity (Wildman–Crippen MR) is 62.3 cm³/mol. The molecule has 0 amide bonds. The molecule has 4 heteroatoms. The van der Waals surface area contributed by atoms with Gasteiger partial charge in [-0.25, -0.2) is 4.98 Å². The molecule has 0 bridgehead atoms. The molecule has 0 unspecified atom stereocenters. The summed E-state index contributed by atoms with van der Waals surface area (Å²) in [6.45, 7) is 0. The zero-order valence-corrected chi connectivity index (χ0v) is 9.29. The summed E-state index contributed by atoms with van der Waals surface area (Å²) in [6.07, 6.45) is 6.69. The maximum atomic E-state index is 11.8. The highest BCUT2D eigenvalue weighted by Crippen LogP contribution is 2.07. The molecule has 16 heavy (non-hydrogen) atoms. The Balaban J connectivity index is 2.37. The minimum Gasteiger partial charge on any atom is -0.383 e. The van der Waals surface area contributed by atoms with E-state index in [1.54, 1.807) is 16.8 Å². The molecule has 0 aliphatic carbocycles. The minimum atomic E-state index is -0.0487. The number of rotatable bonds is 3. The molecule has 0 aliphatic rings. The second-order valence-corrected chi connectivity index (χ2v) is 3.72. The van der Waals surface area contributed by atoms with Gasteiger partial charge in [-0.3, -0.25) is 9.20 Å². The Morgan fingerprint density at radius 1 is 1.44 bits per heavy atom. The van der Waals surface area contributed by atoms with Crippen LogP contribution in [0, 0.1) is 0 Å². The first kappa shape index (κ1) is 10.4. The van der Waals surface area contributed by atoms with Crippen molar-refractivity contribution in [1.82, 2.24) is 14.3 Å². The highest BCUT2D eigenvalue weighted by molar-refractivity contribution is 6.03. The first-order valence-electron chi connectivity index (χ1n) is 4.99. The van der Waals surface area contributed by atoms with Crippen LogP contribution in [0.2, 0.25) is 0 Å². The molecule has 2 aromatic heterocycles. The molecule has 0 saturated heterocycles. The van der Waals surface area contributed by atoms with Crippen LogP contribution in [0.3, 0.4) is 0 Å². The van der Waals surface area contributed by atoms with E-state index in [1.165, 1.54) is 6.08 Å². The number of imidazole rings is 1. The summed E-state index contributed by atoms with van der Waals surface area (Å²) in [4.78, 5) is 17.8. The lowest BCUT2D eigenvalue weighted by Crippen LogP contribution is -2.04. The average Bonchev–Trinajstić information content (AvgIpc) is 2.69. The molecule has 2 rings (SSSR count). The van der Waals surface area contributed by atoms with Gasteiger partial charge in [0.2, 0.25) is 5.78 Å². The molecule has 0 spiro atoms. The molecule has 0 aliphatic heterocycles. The van der Waals surface area contributed by atoms with Crippen LogP contribution in [0.4, 0.5) is 0 Å². The molecule has 2 heterocycles. The van der Waals surface area contributed by atoms with Crippen LogP contribution in [-0.2, 0) is 0 Å². The molecule has 0 saturated carbocycles. The van der Waals surface area contributed by atoms with Gasteiger partial charge in [0, 0.05) is 32.6 Å². The van der Waals surface area contributed by atoms with Crippen molar-refractivity contribution in [2.75, 3.05) is 14.1 Å². The van der Waals surface area contributed by atoms with Crippen molar-refractivity contribution in [3.63, 3.8) is 0 Å². The summed E-state index contributed by atoms with van der Waals surface area (Å²) in [7, 11) is 3.75. The van der Waals surface area contributed by atoms with Crippen molar-refractivity contribution in [2.45, 2.75) is 0 Å². The lowest BCUT2D eigenvalue weighted by molar-refractivity contribution is 0.104. The van der Waals surface area contributed by atoms with Gasteiger partial charge in [-0.2, -0.15) is 0 Å². The van der Waals surface area contributed by atoms with Crippen LogP contribution in [0.1, 0.15) is 10.5 Å². The highest BCUT2D eigenvalue weighted by atomic mass is 16.1. The number of hydrogen-bond donors (Lipinski definition) is 0. The van der Waals surface area contributed by atoms with Gasteiger partial charge in [-0.1, -0.05) is 6.07 Å². The second kappa shape index (κ2) is 4.18. The van der Waals surface area contributed by atoms with Crippen LogP contribution in [0.5, 0.6) is 0 Å². The molecule has 4 nitrogen and oxygen atoms in total. The number of nitrogens with zero attached hydrogens (tertiary/aromatic N) is 3. The number of fused-ring (bicyclic) bond motifs is 1. The number of carbonyl (C=O) groups excluding carboxylic acids is 1. The van der Waals surface area contributed by atoms with Crippen LogP contribution in [0.15, 0.2) is 42.9 Å². The highest BCUT2D eigenvalue weighted by Gasteiger charge is 2.08. The second-order valence-electron chi connectivity index (χ2n) is 3.72. The molecule has 82 valence electrons. The Bertz CT molecular complexity index is 540.